The third-order valence-corrected chi connectivity index (χ3v) is 7.13. The lowest BCUT2D eigenvalue weighted by atomic mass is 9.92. The van der Waals surface area contributed by atoms with Crippen molar-refractivity contribution in [2.45, 2.75) is 64.0 Å². The number of unbranched alkanes of at least 4 members (excludes halogenated alkanes) is 1. The fourth-order valence-corrected chi connectivity index (χ4v) is 5.49. The molecule has 3 aromatic rings. The highest BCUT2D eigenvalue weighted by molar-refractivity contribution is 7.25. The summed E-state index contributed by atoms with van der Waals surface area (Å²) in [6, 6.07) is 2.21. The van der Waals surface area contributed by atoms with E-state index in [1.54, 1.807) is 7.11 Å². The number of aromatic nitrogens is 3. The largest absolute Gasteiger partial charge is 0.381 e. The monoisotopic (exact) mass is 414 g/mol. The predicted octanol–water partition coefficient (Wildman–Crippen LogP) is 4.54. The second kappa shape index (κ2) is 8.40. The fraction of sp³-hybridized carbons (Fsp3) is 0.591. The van der Waals surface area contributed by atoms with Gasteiger partial charge in [-0.3, -0.25) is 9.36 Å². The molecule has 0 saturated heterocycles. The third kappa shape index (κ3) is 3.66. The summed E-state index contributed by atoms with van der Waals surface area (Å²) in [5.74, 6) is 0.929. The standard InChI is InChI=1S/C22H30N4O2S/c1-5-6-7-17-24-19-18-16(25(2)3)12-13-23-21(18)29-20(19)22(27)26(17)14-8-10-15(28-4)11-9-14/h12-15H,5-11H2,1-4H3. The lowest BCUT2D eigenvalue weighted by Crippen LogP contribution is -2.32. The third-order valence-electron chi connectivity index (χ3n) is 6.05. The molecule has 0 atom stereocenters. The number of hydrogen-bond acceptors (Lipinski definition) is 6. The molecule has 0 aromatic carbocycles. The minimum Gasteiger partial charge on any atom is -0.381 e. The van der Waals surface area contributed by atoms with Crippen molar-refractivity contribution >= 4 is 37.5 Å². The van der Waals surface area contributed by atoms with E-state index in [9.17, 15) is 4.79 Å². The maximum atomic E-state index is 13.7. The molecule has 3 aromatic heterocycles. The van der Waals surface area contributed by atoms with E-state index < -0.39 is 0 Å². The van der Waals surface area contributed by atoms with Crippen molar-refractivity contribution in [2.75, 3.05) is 26.1 Å². The van der Waals surface area contributed by atoms with Crippen LogP contribution in [0.5, 0.6) is 0 Å². The van der Waals surface area contributed by atoms with E-state index in [-0.39, 0.29) is 11.6 Å². The average molecular weight is 415 g/mol. The SMILES string of the molecule is CCCCc1nc2c(sc3nccc(N(C)C)c32)c(=O)n1C1CCC(OC)CC1. The summed E-state index contributed by atoms with van der Waals surface area (Å²) in [5.41, 5.74) is 1.99. The van der Waals surface area contributed by atoms with Crippen molar-refractivity contribution in [3.63, 3.8) is 0 Å². The number of thiophene rings is 1. The number of anilines is 1. The zero-order valence-corrected chi connectivity index (χ0v) is 18.6. The van der Waals surface area contributed by atoms with Gasteiger partial charge in [-0.25, -0.2) is 9.97 Å². The summed E-state index contributed by atoms with van der Waals surface area (Å²) < 4.78 is 8.27. The van der Waals surface area contributed by atoms with Gasteiger partial charge < -0.3 is 9.64 Å². The molecule has 0 bridgehead atoms. The van der Waals surface area contributed by atoms with Crippen LogP contribution in [0.4, 0.5) is 5.69 Å². The Morgan fingerprint density at radius 1 is 1.28 bits per heavy atom. The van der Waals surface area contributed by atoms with Crippen molar-refractivity contribution in [1.82, 2.24) is 14.5 Å². The summed E-state index contributed by atoms with van der Waals surface area (Å²) in [6.07, 6.45) is 9.01. The Hall–Kier alpha value is -1.99. The molecular formula is C22H30N4O2S. The number of methoxy groups -OCH3 is 1. The maximum Gasteiger partial charge on any atom is 0.271 e. The van der Waals surface area contributed by atoms with Gasteiger partial charge in [0.1, 0.15) is 20.9 Å². The molecule has 0 spiro atoms. The summed E-state index contributed by atoms with van der Waals surface area (Å²) in [5, 5.41) is 1.00. The topological polar surface area (TPSA) is 60.2 Å². The van der Waals surface area contributed by atoms with E-state index in [0.717, 1.165) is 76.9 Å². The number of fused-ring (bicyclic) bond motifs is 3. The van der Waals surface area contributed by atoms with Gasteiger partial charge in [-0.2, -0.15) is 0 Å². The van der Waals surface area contributed by atoms with Gasteiger partial charge in [0, 0.05) is 39.9 Å². The van der Waals surface area contributed by atoms with E-state index in [0.29, 0.717) is 6.10 Å². The van der Waals surface area contributed by atoms with Gasteiger partial charge in [0.15, 0.2) is 0 Å². The van der Waals surface area contributed by atoms with Gasteiger partial charge in [0.05, 0.1) is 17.2 Å². The van der Waals surface area contributed by atoms with Crippen LogP contribution in [0.25, 0.3) is 20.4 Å². The van der Waals surface area contributed by atoms with Gasteiger partial charge in [-0.05, 0) is 38.2 Å². The van der Waals surface area contributed by atoms with Crippen molar-refractivity contribution < 1.29 is 4.74 Å². The number of pyridine rings is 1. The van der Waals surface area contributed by atoms with Crippen molar-refractivity contribution in [2.24, 2.45) is 0 Å². The van der Waals surface area contributed by atoms with Gasteiger partial charge in [-0.1, -0.05) is 13.3 Å². The van der Waals surface area contributed by atoms with Crippen LogP contribution in [0, 0.1) is 0 Å². The van der Waals surface area contributed by atoms with Crippen LogP contribution in [0.3, 0.4) is 0 Å². The molecule has 156 valence electrons. The molecule has 1 aliphatic rings. The molecule has 4 rings (SSSR count). The van der Waals surface area contributed by atoms with E-state index in [1.807, 2.05) is 30.9 Å². The Labute approximate surface area is 175 Å². The molecule has 1 aliphatic carbocycles. The van der Waals surface area contributed by atoms with E-state index in [1.165, 1.54) is 11.3 Å². The molecule has 6 nitrogen and oxygen atoms in total. The molecule has 0 amide bonds. The van der Waals surface area contributed by atoms with Crippen LogP contribution in [-0.4, -0.2) is 41.8 Å². The molecule has 29 heavy (non-hydrogen) atoms. The first-order chi connectivity index (χ1) is 14.0. The minimum atomic E-state index is 0.106. The van der Waals surface area contributed by atoms with Gasteiger partial charge in [0.25, 0.3) is 5.56 Å². The molecule has 1 saturated carbocycles. The summed E-state index contributed by atoms with van der Waals surface area (Å²) >= 11 is 1.48. The van der Waals surface area contributed by atoms with Crippen molar-refractivity contribution in [1.29, 1.82) is 0 Å². The van der Waals surface area contributed by atoms with E-state index in [4.69, 9.17) is 9.72 Å². The lowest BCUT2D eigenvalue weighted by molar-refractivity contribution is 0.0575. The predicted molar refractivity (Wildman–Crippen MR) is 120 cm³/mol. The highest BCUT2D eigenvalue weighted by atomic mass is 32.1. The number of rotatable bonds is 6. The quantitative estimate of drug-likeness (QED) is 0.592. The minimum absolute atomic E-state index is 0.106. The molecule has 0 radical (unpaired) electrons. The summed E-state index contributed by atoms with van der Waals surface area (Å²) in [6.45, 7) is 2.18. The van der Waals surface area contributed by atoms with Crippen molar-refractivity contribution in [3.8, 4) is 0 Å². The molecule has 1 fully saturated rings. The van der Waals surface area contributed by atoms with E-state index >= 15 is 0 Å². The second-order valence-corrected chi connectivity index (χ2v) is 9.16. The van der Waals surface area contributed by atoms with Gasteiger partial charge >= 0.3 is 0 Å². The molecule has 3 heterocycles. The smallest absolute Gasteiger partial charge is 0.271 e. The summed E-state index contributed by atoms with van der Waals surface area (Å²) in [4.78, 5) is 26.3. The Morgan fingerprint density at radius 2 is 2.03 bits per heavy atom. The Balaban J connectivity index is 1.91. The Bertz CT molecular complexity index is 1060. The first-order valence-corrected chi connectivity index (χ1v) is 11.4. The second-order valence-electron chi connectivity index (χ2n) is 8.16. The Morgan fingerprint density at radius 3 is 2.69 bits per heavy atom. The normalized spacial score (nSPS) is 19.9. The number of ether oxygens (including phenoxy) is 1. The van der Waals surface area contributed by atoms with Crippen LogP contribution < -0.4 is 10.5 Å². The van der Waals surface area contributed by atoms with Gasteiger partial charge in [0.2, 0.25) is 0 Å². The highest BCUT2D eigenvalue weighted by Gasteiger charge is 2.27. The molecule has 0 aliphatic heterocycles. The lowest BCUT2D eigenvalue weighted by Gasteiger charge is -2.30. The van der Waals surface area contributed by atoms with E-state index in [2.05, 4.69) is 16.8 Å². The number of aryl methyl sites for hydroxylation is 1. The molecular weight excluding hydrogens is 384 g/mol. The van der Waals surface area contributed by atoms with Crippen LogP contribution in [0.2, 0.25) is 0 Å². The number of hydrogen-bond donors (Lipinski definition) is 0. The van der Waals surface area contributed by atoms with Crippen molar-refractivity contribution in [3.05, 3.63) is 28.4 Å². The molecule has 0 unspecified atom stereocenters. The molecule has 7 heteroatoms. The average Bonchev–Trinajstić information content (AvgIpc) is 3.11. The first kappa shape index (κ1) is 20.3. The highest BCUT2D eigenvalue weighted by Crippen LogP contribution is 2.37. The van der Waals surface area contributed by atoms with Crippen LogP contribution in [-0.2, 0) is 11.2 Å². The summed E-state index contributed by atoms with van der Waals surface area (Å²) in [7, 11) is 5.82. The first-order valence-electron chi connectivity index (χ1n) is 10.6. The Kier molecular flexibility index (Phi) is 5.88. The number of nitrogens with zero attached hydrogens (tertiary/aromatic N) is 4. The maximum absolute atomic E-state index is 13.7. The molecule has 0 N–H and O–H groups in total. The fourth-order valence-electron chi connectivity index (χ4n) is 4.45. The van der Waals surface area contributed by atoms with Crippen LogP contribution in [0.15, 0.2) is 17.1 Å². The van der Waals surface area contributed by atoms with Gasteiger partial charge in [-0.15, -0.1) is 11.3 Å². The zero-order valence-electron chi connectivity index (χ0n) is 17.8. The van der Waals surface area contributed by atoms with Crippen LogP contribution in [0.1, 0.15) is 57.3 Å². The zero-order chi connectivity index (χ0) is 20.5. The van der Waals surface area contributed by atoms with Crippen LogP contribution >= 0.6 is 11.3 Å².